The predicted molar refractivity (Wildman–Crippen MR) is 55.3 cm³/mol. The zero-order valence-electron chi connectivity index (χ0n) is 9.35. The first-order valence-corrected chi connectivity index (χ1v) is 4.92. The fraction of sp³-hybridized carbons (Fsp3) is 0.500. The molecule has 0 bridgehead atoms. The van der Waals surface area contributed by atoms with Crippen molar-refractivity contribution < 1.29 is 4.42 Å². The smallest absolute Gasteiger partial charge is 0.268 e. The minimum Gasteiger partial charge on any atom is -0.419 e. The van der Waals surface area contributed by atoms with Gasteiger partial charge in [0, 0.05) is 18.7 Å². The van der Waals surface area contributed by atoms with E-state index < -0.39 is 0 Å². The van der Waals surface area contributed by atoms with Gasteiger partial charge in [-0.15, -0.1) is 10.2 Å². The van der Waals surface area contributed by atoms with Crippen LogP contribution in [-0.4, -0.2) is 20.0 Å². The molecule has 2 aromatic rings. The number of nitrogens with zero attached hydrogens (tertiary/aromatic N) is 4. The monoisotopic (exact) mass is 206 g/mol. The van der Waals surface area contributed by atoms with Crippen LogP contribution in [0.2, 0.25) is 0 Å². The number of aryl methyl sites for hydroxylation is 2. The first-order chi connectivity index (χ1) is 7.08. The third-order valence-electron chi connectivity index (χ3n) is 2.27. The summed E-state index contributed by atoms with van der Waals surface area (Å²) in [5.74, 6) is 1.38. The molecule has 80 valence electrons. The van der Waals surface area contributed by atoms with Crippen molar-refractivity contribution >= 4 is 0 Å². The Hall–Kier alpha value is -1.65. The molecule has 0 fully saturated rings. The minimum absolute atomic E-state index is 0.246. The summed E-state index contributed by atoms with van der Waals surface area (Å²) in [6.07, 6.45) is 0. The van der Waals surface area contributed by atoms with E-state index in [4.69, 9.17) is 4.42 Å². The summed E-state index contributed by atoms with van der Waals surface area (Å²) in [5, 5.41) is 12.2. The van der Waals surface area contributed by atoms with Crippen molar-refractivity contribution in [2.75, 3.05) is 0 Å². The average molecular weight is 206 g/mol. The summed E-state index contributed by atoms with van der Waals surface area (Å²) >= 11 is 0. The van der Waals surface area contributed by atoms with Crippen LogP contribution in [0, 0.1) is 6.92 Å². The zero-order valence-corrected chi connectivity index (χ0v) is 9.35. The van der Waals surface area contributed by atoms with Crippen LogP contribution < -0.4 is 0 Å². The maximum absolute atomic E-state index is 5.50. The molecule has 2 aromatic heterocycles. The second kappa shape index (κ2) is 3.49. The number of aromatic nitrogens is 4. The van der Waals surface area contributed by atoms with Gasteiger partial charge in [0.25, 0.3) is 5.89 Å². The van der Waals surface area contributed by atoms with Gasteiger partial charge in [0.1, 0.15) is 5.69 Å². The van der Waals surface area contributed by atoms with E-state index in [-0.39, 0.29) is 5.92 Å². The van der Waals surface area contributed by atoms with E-state index in [0.717, 1.165) is 11.4 Å². The van der Waals surface area contributed by atoms with Crippen molar-refractivity contribution in [2.24, 2.45) is 7.05 Å². The van der Waals surface area contributed by atoms with Crippen LogP contribution in [0.15, 0.2) is 10.5 Å². The molecule has 2 rings (SSSR count). The summed E-state index contributed by atoms with van der Waals surface area (Å²) in [7, 11) is 1.89. The van der Waals surface area contributed by atoms with Crippen molar-refractivity contribution in [1.82, 2.24) is 20.0 Å². The van der Waals surface area contributed by atoms with Gasteiger partial charge in [0.2, 0.25) is 5.89 Å². The Bertz CT molecular complexity index is 450. The van der Waals surface area contributed by atoms with Crippen LogP contribution in [0.4, 0.5) is 0 Å². The molecule has 0 spiro atoms. The van der Waals surface area contributed by atoms with Gasteiger partial charge < -0.3 is 4.42 Å². The van der Waals surface area contributed by atoms with Crippen LogP contribution in [0.5, 0.6) is 0 Å². The van der Waals surface area contributed by atoms with Crippen molar-refractivity contribution in [3.63, 3.8) is 0 Å². The molecule has 5 nitrogen and oxygen atoms in total. The molecule has 0 unspecified atom stereocenters. The van der Waals surface area contributed by atoms with Gasteiger partial charge in [-0.1, -0.05) is 13.8 Å². The zero-order chi connectivity index (χ0) is 11.0. The maximum Gasteiger partial charge on any atom is 0.268 e. The van der Waals surface area contributed by atoms with E-state index in [1.165, 1.54) is 0 Å². The quantitative estimate of drug-likeness (QED) is 0.753. The molecule has 0 N–H and O–H groups in total. The number of rotatable bonds is 2. The van der Waals surface area contributed by atoms with Gasteiger partial charge in [-0.25, -0.2) is 0 Å². The highest BCUT2D eigenvalue weighted by Gasteiger charge is 2.14. The fourth-order valence-corrected chi connectivity index (χ4v) is 1.24. The Labute approximate surface area is 88.1 Å². The second-order valence-electron chi connectivity index (χ2n) is 3.89. The van der Waals surface area contributed by atoms with Crippen molar-refractivity contribution in [3.8, 4) is 11.6 Å². The van der Waals surface area contributed by atoms with E-state index in [9.17, 15) is 0 Å². The summed E-state index contributed by atoms with van der Waals surface area (Å²) in [6.45, 7) is 6.01. The molecule has 0 radical (unpaired) electrons. The van der Waals surface area contributed by atoms with Crippen LogP contribution >= 0.6 is 0 Å². The van der Waals surface area contributed by atoms with Crippen molar-refractivity contribution in [3.05, 3.63) is 17.7 Å². The molecule has 0 aromatic carbocycles. The van der Waals surface area contributed by atoms with Crippen LogP contribution in [-0.2, 0) is 7.05 Å². The number of hydrogen-bond donors (Lipinski definition) is 0. The summed E-state index contributed by atoms with van der Waals surface area (Å²) < 4.78 is 7.29. The topological polar surface area (TPSA) is 56.7 Å². The van der Waals surface area contributed by atoms with Gasteiger partial charge >= 0.3 is 0 Å². The average Bonchev–Trinajstić information content (AvgIpc) is 2.74. The van der Waals surface area contributed by atoms with Gasteiger partial charge in [-0.05, 0) is 13.0 Å². The van der Waals surface area contributed by atoms with E-state index in [2.05, 4.69) is 15.3 Å². The van der Waals surface area contributed by atoms with E-state index in [1.54, 1.807) is 4.68 Å². The Morgan fingerprint density at radius 2 is 2.07 bits per heavy atom. The maximum atomic E-state index is 5.50. The molecular weight excluding hydrogens is 192 g/mol. The van der Waals surface area contributed by atoms with Crippen molar-refractivity contribution in [1.29, 1.82) is 0 Å². The predicted octanol–water partition coefficient (Wildman–Crippen LogP) is 1.90. The lowest BCUT2D eigenvalue weighted by Crippen LogP contribution is -1.92. The van der Waals surface area contributed by atoms with Crippen LogP contribution in [0.3, 0.4) is 0 Å². The first-order valence-electron chi connectivity index (χ1n) is 4.92. The fourth-order valence-electron chi connectivity index (χ4n) is 1.24. The van der Waals surface area contributed by atoms with Crippen LogP contribution in [0.25, 0.3) is 11.6 Å². The largest absolute Gasteiger partial charge is 0.419 e. The molecule has 0 saturated heterocycles. The van der Waals surface area contributed by atoms with Gasteiger partial charge in [-0.3, -0.25) is 4.68 Å². The Balaban J connectivity index is 2.37. The highest BCUT2D eigenvalue weighted by molar-refractivity contribution is 5.46. The molecule has 0 aliphatic rings. The van der Waals surface area contributed by atoms with E-state index in [1.807, 2.05) is 33.9 Å². The molecule has 0 saturated carbocycles. The molecule has 0 aliphatic heterocycles. The molecule has 15 heavy (non-hydrogen) atoms. The van der Waals surface area contributed by atoms with Gasteiger partial charge in [0.15, 0.2) is 0 Å². The van der Waals surface area contributed by atoms with Gasteiger partial charge in [-0.2, -0.15) is 5.10 Å². The standard InChI is InChI=1S/C10H14N4O/c1-6(2)9-11-12-10(15-9)8-5-7(3)14(4)13-8/h5-6H,1-4H3. The van der Waals surface area contributed by atoms with E-state index in [0.29, 0.717) is 11.8 Å². The molecule has 0 aliphatic carbocycles. The molecular formula is C10H14N4O. The summed E-state index contributed by atoms with van der Waals surface area (Å²) in [5.41, 5.74) is 1.80. The Morgan fingerprint density at radius 3 is 2.53 bits per heavy atom. The lowest BCUT2D eigenvalue weighted by Gasteiger charge is -1.93. The highest BCUT2D eigenvalue weighted by atomic mass is 16.4. The number of hydrogen-bond acceptors (Lipinski definition) is 4. The third-order valence-corrected chi connectivity index (χ3v) is 2.27. The highest BCUT2D eigenvalue weighted by Crippen LogP contribution is 2.20. The third kappa shape index (κ3) is 1.77. The Morgan fingerprint density at radius 1 is 1.33 bits per heavy atom. The summed E-state index contributed by atoms with van der Waals surface area (Å²) in [6, 6.07) is 1.93. The summed E-state index contributed by atoms with van der Waals surface area (Å²) in [4.78, 5) is 0. The lowest BCUT2D eigenvalue weighted by molar-refractivity contribution is 0.479. The Kier molecular flexibility index (Phi) is 2.30. The second-order valence-corrected chi connectivity index (χ2v) is 3.89. The normalized spacial score (nSPS) is 11.3. The molecule has 0 atom stereocenters. The minimum atomic E-state index is 0.246. The lowest BCUT2D eigenvalue weighted by atomic mass is 10.2. The molecule has 2 heterocycles. The molecule has 0 amide bonds. The SMILES string of the molecule is Cc1cc(-c2nnc(C(C)C)o2)nn1C. The van der Waals surface area contributed by atoms with Crippen LogP contribution in [0.1, 0.15) is 31.4 Å². The van der Waals surface area contributed by atoms with Gasteiger partial charge in [0.05, 0.1) is 0 Å². The first kappa shape index (κ1) is 9.89. The van der Waals surface area contributed by atoms with Crippen molar-refractivity contribution in [2.45, 2.75) is 26.7 Å². The molecule has 5 heteroatoms. The van der Waals surface area contributed by atoms with E-state index >= 15 is 0 Å².